The Morgan fingerprint density at radius 1 is 1.21 bits per heavy atom. The Kier molecular flexibility index (Phi) is 5.75. The highest BCUT2D eigenvalue weighted by Gasteiger charge is 2.11. The monoisotopic (exact) mass is 471 g/mol. The molecule has 0 fully saturated rings. The fraction of sp³-hybridized carbons (Fsp3) is 0.0625. The van der Waals surface area contributed by atoms with Crippen LogP contribution >= 0.6 is 46.0 Å². The van der Waals surface area contributed by atoms with Crippen molar-refractivity contribution in [1.29, 1.82) is 0 Å². The number of rotatable bonds is 5. The van der Waals surface area contributed by atoms with Crippen LogP contribution in [-0.4, -0.2) is 21.9 Å². The maximum absolute atomic E-state index is 11.9. The lowest BCUT2D eigenvalue weighted by molar-refractivity contribution is -0.113. The maximum Gasteiger partial charge on any atom is 0.277 e. The van der Waals surface area contributed by atoms with Gasteiger partial charge in [-0.3, -0.25) is 4.79 Å². The van der Waals surface area contributed by atoms with Gasteiger partial charge in [-0.15, -0.1) is 10.2 Å². The van der Waals surface area contributed by atoms with Gasteiger partial charge >= 0.3 is 0 Å². The first kappa shape index (κ1) is 17.2. The van der Waals surface area contributed by atoms with Crippen LogP contribution in [0.15, 0.2) is 58.2 Å². The van der Waals surface area contributed by atoms with E-state index in [4.69, 9.17) is 16.0 Å². The topological polar surface area (TPSA) is 68.0 Å². The summed E-state index contributed by atoms with van der Waals surface area (Å²) in [6, 6.07) is 14.7. The van der Waals surface area contributed by atoms with E-state index in [-0.39, 0.29) is 11.7 Å². The molecule has 5 nitrogen and oxygen atoms in total. The molecule has 0 atom stereocenters. The molecular formula is C16H11ClIN3O2S. The number of benzene rings is 2. The Balaban J connectivity index is 1.57. The lowest BCUT2D eigenvalue weighted by Gasteiger charge is -2.03. The van der Waals surface area contributed by atoms with Gasteiger partial charge in [0.15, 0.2) is 0 Å². The Bertz CT molecular complexity index is 855. The lowest BCUT2D eigenvalue weighted by atomic mass is 10.2. The maximum atomic E-state index is 11.9. The van der Waals surface area contributed by atoms with Gasteiger partial charge in [-0.1, -0.05) is 29.4 Å². The molecule has 1 amide bonds. The van der Waals surface area contributed by atoms with Crippen molar-refractivity contribution in [2.75, 3.05) is 11.1 Å². The molecule has 3 aromatic rings. The predicted molar refractivity (Wildman–Crippen MR) is 103 cm³/mol. The van der Waals surface area contributed by atoms with Crippen LogP contribution in [0.2, 0.25) is 5.02 Å². The minimum absolute atomic E-state index is 0.167. The fourth-order valence-corrected chi connectivity index (χ4v) is 2.98. The van der Waals surface area contributed by atoms with Gasteiger partial charge < -0.3 is 9.73 Å². The number of halogens is 2. The second-order valence-corrected chi connectivity index (χ2v) is 7.34. The van der Waals surface area contributed by atoms with Crippen LogP contribution < -0.4 is 5.32 Å². The fourth-order valence-electron chi connectivity index (χ4n) is 1.87. The van der Waals surface area contributed by atoms with Gasteiger partial charge in [-0.2, -0.15) is 0 Å². The summed E-state index contributed by atoms with van der Waals surface area (Å²) in [4.78, 5) is 11.9. The minimum atomic E-state index is -0.170. The van der Waals surface area contributed by atoms with Crippen molar-refractivity contribution in [2.45, 2.75) is 5.22 Å². The molecule has 0 spiro atoms. The Morgan fingerprint density at radius 3 is 2.75 bits per heavy atom. The molecule has 1 aromatic heterocycles. The number of nitrogens with zero attached hydrogens (tertiary/aromatic N) is 2. The minimum Gasteiger partial charge on any atom is -0.411 e. The number of nitrogens with one attached hydrogen (secondary N) is 1. The van der Waals surface area contributed by atoms with E-state index in [9.17, 15) is 4.79 Å². The zero-order valence-electron chi connectivity index (χ0n) is 12.2. The van der Waals surface area contributed by atoms with Crippen molar-refractivity contribution >= 4 is 57.5 Å². The zero-order chi connectivity index (χ0) is 16.9. The number of amides is 1. The highest BCUT2D eigenvalue weighted by Crippen LogP contribution is 2.24. The largest absolute Gasteiger partial charge is 0.411 e. The van der Waals surface area contributed by atoms with E-state index in [2.05, 4.69) is 38.1 Å². The van der Waals surface area contributed by atoms with Gasteiger partial charge in [0.05, 0.1) is 5.75 Å². The first-order chi connectivity index (χ1) is 11.6. The number of hydrogen-bond acceptors (Lipinski definition) is 5. The third-order valence-corrected chi connectivity index (χ3v) is 4.71. The molecule has 0 aliphatic rings. The average Bonchev–Trinajstić information content (AvgIpc) is 3.03. The van der Waals surface area contributed by atoms with Crippen LogP contribution in [0.3, 0.4) is 0 Å². The number of thioether (sulfide) groups is 1. The standard InChI is InChI=1S/C16H11ClIN3O2S/c17-11-2-1-3-13(8-11)19-14(22)9-24-16-21-20-15(23-16)10-4-6-12(18)7-5-10/h1-8H,9H2,(H,19,22). The van der Waals surface area contributed by atoms with Crippen molar-refractivity contribution < 1.29 is 9.21 Å². The van der Waals surface area contributed by atoms with Gasteiger partial charge in [-0.05, 0) is 65.1 Å². The van der Waals surface area contributed by atoms with E-state index in [0.717, 1.165) is 9.13 Å². The third kappa shape index (κ3) is 4.71. The molecule has 2 aromatic carbocycles. The van der Waals surface area contributed by atoms with Crippen molar-refractivity contribution in [3.05, 3.63) is 57.1 Å². The molecule has 1 N–H and O–H groups in total. The molecule has 122 valence electrons. The molecule has 24 heavy (non-hydrogen) atoms. The Hall–Kier alpha value is -1.58. The summed E-state index contributed by atoms with van der Waals surface area (Å²) in [5.41, 5.74) is 1.50. The molecule has 0 saturated heterocycles. The van der Waals surface area contributed by atoms with E-state index in [0.29, 0.717) is 21.8 Å². The number of aromatic nitrogens is 2. The van der Waals surface area contributed by atoms with Gasteiger partial charge in [-0.25, -0.2) is 0 Å². The molecule has 0 radical (unpaired) electrons. The predicted octanol–water partition coefficient (Wildman–Crippen LogP) is 4.73. The molecule has 0 aliphatic heterocycles. The van der Waals surface area contributed by atoms with Crippen LogP contribution in [0.1, 0.15) is 0 Å². The van der Waals surface area contributed by atoms with Gasteiger partial charge in [0.25, 0.3) is 5.22 Å². The van der Waals surface area contributed by atoms with Crippen LogP contribution in [0, 0.1) is 3.57 Å². The summed E-state index contributed by atoms with van der Waals surface area (Å²) in [5, 5.41) is 11.6. The smallest absolute Gasteiger partial charge is 0.277 e. The molecular weight excluding hydrogens is 461 g/mol. The van der Waals surface area contributed by atoms with Gasteiger partial charge in [0.2, 0.25) is 11.8 Å². The van der Waals surface area contributed by atoms with Gasteiger partial charge in [0, 0.05) is 19.8 Å². The molecule has 0 unspecified atom stereocenters. The lowest BCUT2D eigenvalue weighted by Crippen LogP contribution is -2.13. The second kappa shape index (κ2) is 8.00. The molecule has 3 rings (SSSR count). The molecule has 8 heteroatoms. The van der Waals surface area contributed by atoms with Crippen molar-refractivity contribution in [1.82, 2.24) is 10.2 Å². The Morgan fingerprint density at radius 2 is 2.00 bits per heavy atom. The average molecular weight is 472 g/mol. The summed E-state index contributed by atoms with van der Waals surface area (Å²) < 4.78 is 6.69. The van der Waals surface area contributed by atoms with Crippen LogP contribution in [0.5, 0.6) is 0 Å². The van der Waals surface area contributed by atoms with Crippen molar-refractivity contribution in [2.24, 2.45) is 0 Å². The zero-order valence-corrected chi connectivity index (χ0v) is 15.9. The summed E-state index contributed by atoms with van der Waals surface area (Å²) in [6.45, 7) is 0. The van der Waals surface area contributed by atoms with Gasteiger partial charge in [0.1, 0.15) is 0 Å². The summed E-state index contributed by atoms with van der Waals surface area (Å²) in [6.07, 6.45) is 0. The van der Waals surface area contributed by atoms with Crippen LogP contribution in [0.4, 0.5) is 5.69 Å². The van der Waals surface area contributed by atoms with Crippen molar-refractivity contribution in [3.63, 3.8) is 0 Å². The second-order valence-electron chi connectivity index (χ2n) is 4.73. The number of carbonyl (C=O) groups is 1. The van der Waals surface area contributed by atoms with E-state index in [1.165, 1.54) is 11.8 Å². The van der Waals surface area contributed by atoms with E-state index in [1.807, 2.05) is 24.3 Å². The van der Waals surface area contributed by atoms with E-state index >= 15 is 0 Å². The molecule has 0 saturated carbocycles. The quantitative estimate of drug-likeness (QED) is 0.431. The first-order valence-electron chi connectivity index (χ1n) is 6.88. The number of carbonyl (C=O) groups excluding carboxylic acids is 1. The van der Waals surface area contributed by atoms with Crippen LogP contribution in [0.25, 0.3) is 11.5 Å². The normalized spacial score (nSPS) is 10.6. The van der Waals surface area contributed by atoms with E-state index in [1.54, 1.807) is 24.3 Å². The number of hydrogen-bond donors (Lipinski definition) is 1. The highest BCUT2D eigenvalue weighted by molar-refractivity contribution is 14.1. The number of anilines is 1. The van der Waals surface area contributed by atoms with E-state index < -0.39 is 0 Å². The highest BCUT2D eigenvalue weighted by atomic mass is 127. The SMILES string of the molecule is O=C(CSc1nnc(-c2ccc(I)cc2)o1)Nc1cccc(Cl)c1. The molecule has 1 heterocycles. The summed E-state index contributed by atoms with van der Waals surface area (Å²) in [7, 11) is 0. The summed E-state index contributed by atoms with van der Waals surface area (Å²) in [5.74, 6) is 0.432. The molecule has 0 aliphatic carbocycles. The third-order valence-electron chi connectivity index (χ3n) is 2.93. The first-order valence-corrected chi connectivity index (χ1v) is 9.32. The van der Waals surface area contributed by atoms with Crippen LogP contribution in [-0.2, 0) is 4.79 Å². The van der Waals surface area contributed by atoms with Crippen molar-refractivity contribution in [3.8, 4) is 11.5 Å². The summed E-state index contributed by atoms with van der Waals surface area (Å²) >= 11 is 9.29. The Labute approximate surface area is 161 Å². The molecule has 0 bridgehead atoms.